The average Bonchev–Trinajstić information content (AvgIpc) is 3.11. The van der Waals surface area contributed by atoms with Crippen LogP contribution in [-0.2, 0) is 16.0 Å². The molecule has 0 spiro atoms. The second-order valence-corrected chi connectivity index (χ2v) is 9.52. The molecule has 5 rings (SSSR count). The third-order valence-corrected chi connectivity index (χ3v) is 8.00. The first kappa shape index (κ1) is 19.9. The number of carbonyl (C=O) groups is 3. The molecule has 3 aliphatic carbocycles. The quantitative estimate of drug-likeness (QED) is 0.401. The highest BCUT2D eigenvalue weighted by atomic mass is 16.2. The Morgan fingerprint density at radius 3 is 2.61 bits per heavy atom. The molecule has 4 atom stereocenters. The number of hydrogen-bond acceptors (Lipinski definition) is 3. The minimum Gasteiger partial charge on any atom is -0.299 e. The summed E-state index contributed by atoms with van der Waals surface area (Å²) in [5.41, 5.74) is 3.75. The number of aryl methyl sites for hydroxylation is 1. The molecule has 0 aliphatic heterocycles. The van der Waals surface area contributed by atoms with Crippen molar-refractivity contribution in [3.8, 4) is 11.8 Å². The first-order valence-corrected chi connectivity index (χ1v) is 11.3. The lowest BCUT2D eigenvalue weighted by Gasteiger charge is -2.48. The van der Waals surface area contributed by atoms with E-state index >= 15 is 0 Å². The van der Waals surface area contributed by atoms with Crippen molar-refractivity contribution >= 4 is 17.3 Å². The van der Waals surface area contributed by atoms with Crippen molar-refractivity contribution in [2.24, 2.45) is 17.3 Å². The van der Waals surface area contributed by atoms with E-state index in [9.17, 15) is 14.4 Å². The van der Waals surface area contributed by atoms with Gasteiger partial charge in [-0.1, -0.05) is 49.2 Å². The maximum Gasteiger partial charge on any atom is 0.276 e. The van der Waals surface area contributed by atoms with Gasteiger partial charge < -0.3 is 0 Å². The van der Waals surface area contributed by atoms with Crippen molar-refractivity contribution in [1.82, 2.24) is 0 Å². The standard InChI is InChI=1S/C28H26O3/c1-28-16-15-22-21-10-7-18(8-13-25(29)27(31)19-5-3-2-4-6-19)17-20(21)9-11-23(22)24(28)12-14-26(28)30/h2-7,10,17,22-24H,9,11-12,14-16H2,1H3/t22-,23-,24+,28+/m1/s1. The van der Waals surface area contributed by atoms with Crippen molar-refractivity contribution in [3.63, 3.8) is 0 Å². The molecule has 0 amide bonds. The second kappa shape index (κ2) is 7.61. The Balaban J connectivity index is 1.35. The summed E-state index contributed by atoms with van der Waals surface area (Å²) in [6.45, 7) is 2.20. The van der Waals surface area contributed by atoms with Crippen LogP contribution in [0.5, 0.6) is 0 Å². The average molecular weight is 411 g/mol. The highest BCUT2D eigenvalue weighted by Crippen LogP contribution is 2.59. The van der Waals surface area contributed by atoms with Gasteiger partial charge in [0.05, 0.1) is 0 Å². The van der Waals surface area contributed by atoms with Crippen LogP contribution in [0.25, 0.3) is 0 Å². The molecule has 2 fully saturated rings. The minimum atomic E-state index is -0.679. The first-order valence-electron chi connectivity index (χ1n) is 11.3. The fourth-order valence-corrected chi connectivity index (χ4v) is 6.34. The minimum absolute atomic E-state index is 0.101. The Bertz CT molecular complexity index is 1130. The SMILES string of the molecule is C[C@]12CC[C@@H]3c4ccc(C#CC(=O)C(=O)c5ccccc5)cc4CC[C@H]3[C@@H]1CCC2=O. The molecule has 0 N–H and O–H groups in total. The van der Waals surface area contributed by atoms with Crippen LogP contribution in [0.4, 0.5) is 0 Å². The molecule has 0 unspecified atom stereocenters. The largest absolute Gasteiger partial charge is 0.299 e. The van der Waals surface area contributed by atoms with E-state index in [1.165, 1.54) is 11.1 Å². The molecule has 31 heavy (non-hydrogen) atoms. The van der Waals surface area contributed by atoms with E-state index in [0.29, 0.717) is 29.1 Å². The lowest BCUT2D eigenvalue weighted by atomic mass is 9.55. The molecule has 3 aliphatic rings. The van der Waals surface area contributed by atoms with Crippen LogP contribution < -0.4 is 0 Å². The Morgan fingerprint density at radius 1 is 1.00 bits per heavy atom. The van der Waals surface area contributed by atoms with Gasteiger partial charge in [0, 0.05) is 23.0 Å². The molecule has 0 heterocycles. The van der Waals surface area contributed by atoms with Gasteiger partial charge in [0.25, 0.3) is 5.78 Å². The summed E-state index contributed by atoms with van der Waals surface area (Å²) < 4.78 is 0. The van der Waals surface area contributed by atoms with Gasteiger partial charge in [-0.15, -0.1) is 0 Å². The Kier molecular flexibility index (Phi) is 4.89. The molecule has 3 heteroatoms. The zero-order chi connectivity index (χ0) is 21.6. The molecule has 0 bridgehead atoms. The monoisotopic (exact) mass is 410 g/mol. The Morgan fingerprint density at radius 2 is 1.81 bits per heavy atom. The number of fused-ring (bicyclic) bond motifs is 5. The summed E-state index contributed by atoms with van der Waals surface area (Å²) in [4.78, 5) is 36.9. The molecule has 0 radical (unpaired) electrons. The molecule has 3 nitrogen and oxygen atoms in total. The van der Waals surface area contributed by atoms with Crippen LogP contribution in [-0.4, -0.2) is 17.3 Å². The molecule has 0 saturated heterocycles. The normalized spacial score (nSPS) is 28.5. The number of rotatable bonds is 2. The summed E-state index contributed by atoms with van der Waals surface area (Å²) in [5.74, 6) is 6.30. The van der Waals surface area contributed by atoms with E-state index in [2.05, 4.69) is 30.9 Å². The summed E-state index contributed by atoms with van der Waals surface area (Å²) in [6.07, 6.45) is 5.98. The molecule has 2 aromatic carbocycles. The van der Waals surface area contributed by atoms with E-state index in [0.717, 1.165) is 44.1 Å². The van der Waals surface area contributed by atoms with Gasteiger partial charge in [0.1, 0.15) is 5.78 Å². The third-order valence-electron chi connectivity index (χ3n) is 8.00. The van der Waals surface area contributed by atoms with Gasteiger partial charge in [-0.2, -0.15) is 0 Å². The zero-order valence-corrected chi connectivity index (χ0v) is 17.8. The van der Waals surface area contributed by atoms with Crippen LogP contribution in [0.1, 0.15) is 72.0 Å². The molecule has 156 valence electrons. The topological polar surface area (TPSA) is 51.2 Å². The Hall–Kier alpha value is -2.99. The van der Waals surface area contributed by atoms with E-state index in [-0.39, 0.29) is 5.41 Å². The van der Waals surface area contributed by atoms with Crippen molar-refractivity contribution in [3.05, 3.63) is 70.8 Å². The van der Waals surface area contributed by atoms with Crippen molar-refractivity contribution in [2.45, 2.75) is 51.4 Å². The number of hydrogen-bond donors (Lipinski definition) is 0. The van der Waals surface area contributed by atoms with E-state index in [1.807, 2.05) is 12.1 Å². The second-order valence-electron chi connectivity index (χ2n) is 9.52. The fourth-order valence-electron chi connectivity index (χ4n) is 6.34. The van der Waals surface area contributed by atoms with Crippen molar-refractivity contribution < 1.29 is 14.4 Å². The smallest absolute Gasteiger partial charge is 0.276 e. The van der Waals surface area contributed by atoms with E-state index in [1.54, 1.807) is 24.3 Å². The van der Waals surface area contributed by atoms with Crippen molar-refractivity contribution in [1.29, 1.82) is 0 Å². The number of ketones is 3. The highest BCUT2D eigenvalue weighted by Gasteiger charge is 2.54. The molecular weight excluding hydrogens is 384 g/mol. The molecule has 2 aromatic rings. The summed E-state index contributed by atoms with van der Waals surface area (Å²) in [6, 6.07) is 14.8. The van der Waals surface area contributed by atoms with Gasteiger partial charge in [-0.3, -0.25) is 14.4 Å². The summed E-state index contributed by atoms with van der Waals surface area (Å²) in [5, 5.41) is 0. The van der Waals surface area contributed by atoms with E-state index in [4.69, 9.17) is 0 Å². The first-order chi connectivity index (χ1) is 15.0. The van der Waals surface area contributed by atoms with Crippen LogP contribution in [0, 0.1) is 29.1 Å². The van der Waals surface area contributed by atoms with Crippen LogP contribution in [0.3, 0.4) is 0 Å². The van der Waals surface area contributed by atoms with Crippen LogP contribution in [0.2, 0.25) is 0 Å². The highest BCUT2D eigenvalue weighted by molar-refractivity contribution is 6.49. The maximum atomic E-state index is 12.5. The lowest BCUT2D eigenvalue weighted by molar-refractivity contribution is -0.129. The third kappa shape index (κ3) is 3.35. The molecular formula is C28H26O3. The summed E-state index contributed by atoms with van der Waals surface area (Å²) in [7, 11) is 0. The number of Topliss-reactive ketones (excluding diaryl/α,β-unsaturated/α-hetero) is 3. The van der Waals surface area contributed by atoms with Gasteiger partial charge in [0.15, 0.2) is 0 Å². The molecule has 0 aromatic heterocycles. The van der Waals surface area contributed by atoms with Crippen LogP contribution in [0.15, 0.2) is 48.5 Å². The van der Waals surface area contributed by atoms with Gasteiger partial charge >= 0.3 is 0 Å². The lowest BCUT2D eigenvalue weighted by Crippen LogP contribution is -2.42. The summed E-state index contributed by atoms with van der Waals surface area (Å²) >= 11 is 0. The van der Waals surface area contributed by atoms with Gasteiger partial charge in [-0.25, -0.2) is 0 Å². The fraction of sp³-hybridized carbons (Fsp3) is 0.393. The van der Waals surface area contributed by atoms with Crippen molar-refractivity contribution in [2.75, 3.05) is 0 Å². The van der Waals surface area contributed by atoms with Gasteiger partial charge in [-0.05, 0) is 79.0 Å². The number of carbonyl (C=O) groups excluding carboxylic acids is 3. The van der Waals surface area contributed by atoms with E-state index < -0.39 is 11.6 Å². The molecule has 2 saturated carbocycles. The predicted molar refractivity (Wildman–Crippen MR) is 119 cm³/mol. The number of benzene rings is 2. The predicted octanol–water partition coefficient (Wildman–Crippen LogP) is 4.92. The van der Waals surface area contributed by atoms with Crippen LogP contribution >= 0.6 is 0 Å². The Labute approximate surface area is 183 Å². The maximum absolute atomic E-state index is 12.5. The zero-order valence-electron chi connectivity index (χ0n) is 17.8. The van der Waals surface area contributed by atoms with Gasteiger partial charge in [0.2, 0.25) is 5.78 Å².